The van der Waals surface area contributed by atoms with Crippen LogP contribution in [-0.2, 0) is 14.0 Å². The van der Waals surface area contributed by atoms with Crippen LogP contribution in [0.2, 0.25) is 19.6 Å². The minimum atomic E-state index is -1.74. The van der Waals surface area contributed by atoms with Crippen LogP contribution in [0.3, 0.4) is 0 Å². The Labute approximate surface area is 203 Å². The van der Waals surface area contributed by atoms with Gasteiger partial charge in [0.25, 0.3) is 0 Å². The zero-order chi connectivity index (χ0) is 24.2. The summed E-state index contributed by atoms with van der Waals surface area (Å²) in [5, 5.41) is 10.5. The fourth-order valence-corrected chi connectivity index (χ4v) is 9.64. The van der Waals surface area contributed by atoms with E-state index in [1.54, 1.807) is 0 Å². The molecule has 4 aliphatic rings. The SMILES string of the molecule is COC(=O)CC[C@@H](C)[C@H]1CCC2C3C(O[Si](C)(C)C)=C[C@@H]4C[C@H](O)CC[C@]4(C)C3CC[C@@]21C. The summed E-state index contributed by atoms with van der Waals surface area (Å²) in [6.07, 6.45) is 11.9. The molecule has 0 amide bonds. The first-order chi connectivity index (χ1) is 15.4. The van der Waals surface area contributed by atoms with E-state index in [1.807, 2.05) is 0 Å². The number of allylic oxidation sites excluding steroid dienone is 2. The summed E-state index contributed by atoms with van der Waals surface area (Å²) >= 11 is 0. The molecule has 1 N–H and O–H groups in total. The first-order valence-corrected chi connectivity index (χ1v) is 17.0. The van der Waals surface area contributed by atoms with E-state index in [9.17, 15) is 9.90 Å². The second-order valence-corrected chi connectivity index (χ2v) is 17.8. The Balaban J connectivity index is 1.64. The van der Waals surface area contributed by atoms with Crippen LogP contribution < -0.4 is 0 Å². The summed E-state index contributed by atoms with van der Waals surface area (Å²) < 4.78 is 11.8. The zero-order valence-electron chi connectivity index (χ0n) is 22.2. The molecule has 9 atom stereocenters. The van der Waals surface area contributed by atoms with E-state index in [0.29, 0.717) is 47.3 Å². The van der Waals surface area contributed by atoms with Gasteiger partial charge in [-0.25, -0.2) is 0 Å². The topological polar surface area (TPSA) is 55.8 Å². The summed E-state index contributed by atoms with van der Waals surface area (Å²) in [4.78, 5) is 11.8. The molecule has 0 saturated heterocycles. The van der Waals surface area contributed by atoms with Crippen LogP contribution in [0.5, 0.6) is 0 Å². The number of carbonyl (C=O) groups is 1. The molecule has 0 aromatic heterocycles. The van der Waals surface area contributed by atoms with Crippen molar-refractivity contribution < 1.29 is 19.1 Å². The van der Waals surface area contributed by atoms with E-state index in [2.05, 4.69) is 46.5 Å². The maximum Gasteiger partial charge on any atom is 0.305 e. The lowest BCUT2D eigenvalue weighted by atomic mass is 9.46. The second-order valence-electron chi connectivity index (χ2n) is 13.4. The lowest BCUT2D eigenvalue weighted by Gasteiger charge is -2.60. The molecule has 3 unspecified atom stereocenters. The van der Waals surface area contributed by atoms with Crippen LogP contribution in [-0.4, -0.2) is 32.6 Å². The number of rotatable bonds is 6. The van der Waals surface area contributed by atoms with E-state index in [-0.39, 0.29) is 17.5 Å². The van der Waals surface area contributed by atoms with Gasteiger partial charge in [-0.15, -0.1) is 0 Å². The van der Waals surface area contributed by atoms with Gasteiger partial charge in [0.2, 0.25) is 8.32 Å². The number of methoxy groups -OCH3 is 1. The predicted molar refractivity (Wildman–Crippen MR) is 135 cm³/mol. The van der Waals surface area contributed by atoms with Crippen LogP contribution in [0.1, 0.15) is 78.6 Å². The lowest BCUT2D eigenvalue weighted by Crippen LogP contribution is -2.54. The molecule has 3 fully saturated rings. The minimum Gasteiger partial charge on any atom is -0.547 e. The smallest absolute Gasteiger partial charge is 0.305 e. The van der Waals surface area contributed by atoms with Crippen molar-refractivity contribution >= 4 is 14.3 Å². The molecule has 4 aliphatic carbocycles. The number of fused-ring (bicyclic) bond motifs is 5. The van der Waals surface area contributed by atoms with Gasteiger partial charge in [-0.05, 0) is 118 Å². The molecule has 0 aromatic carbocycles. The van der Waals surface area contributed by atoms with Crippen LogP contribution in [0, 0.1) is 46.3 Å². The van der Waals surface area contributed by atoms with Crippen molar-refractivity contribution in [1.29, 1.82) is 0 Å². The Morgan fingerprint density at radius 1 is 1.12 bits per heavy atom. The third kappa shape index (κ3) is 4.58. The van der Waals surface area contributed by atoms with Gasteiger partial charge in [0.05, 0.1) is 19.0 Å². The van der Waals surface area contributed by atoms with E-state index in [0.717, 1.165) is 25.7 Å². The molecular weight excluding hydrogens is 428 g/mol. The molecule has 0 heterocycles. The normalized spacial score (nSPS) is 43.6. The maximum absolute atomic E-state index is 11.8. The van der Waals surface area contributed by atoms with E-state index >= 15 is 0 Å². The fraction of sp³-hybridized carbons (Fsp3) is 0.893. The molecule has 33 heavy (non-hydrogen) atoms. The van der Waals surface area contributed by atoms with Crippen molar-refractivity contribution in [1.82, 2.24) is 0 Å². The monoisotopic (exact) mass is 476 g/mol. The molecule has 0 bridgehead atoms. The third-order valence-corrected chi connectivity index (χ3v) is 11.3. The largest absolute Gasteiger partial charge is 0.547 e. The summed E-state index contributed by atoms with van der Waals surface area (Å²) in [7, 11) is -0.243. The highest BCUT2D eigenvalue weighted by atomic mass is 28.4. The molecule has 0 spiro atoms. The zero-order valence-corrected chi connectivity index (χ0v) is 23.2. The number of aliphatic hydroxyl groups is 1. The van der Waals surface area contributed by atoms with Gasteiger partial charge in [0, 0.05) is 12.3 Å². The maximum atomic E-state index is 11.8. The van der Waals surface area contributed by atoms with Crippen LogP contribution in [0.15, 0.2) is 11.8 Å². The van der Waals surface area contributed by atoms with Gasteiger partial charge in [0.1, 0.15) is 0 Å². The van der Waals surface area contributed by atoms with E-state index < -0.39 is 8.32 Å². The summed E-state index contributed by atoms with van der Waals surface area (Å²) in [6.45, 7) is 14.4. The number of aliphatic hydroxyl groups excluding tert-OH is 1. The first-order valence-electron chi connectivity index (χ1n) is 13.5. The number of hydrogen-bond donors (Lipinski definition) is 1. The van der Waals surface area contributed by atoms with Gasteiger partial charge < -0.3 is 14.3 Å². The molecule has 0 aliphatic heterocycles. The average molecular weight is 477 g/mol. The highest BCUT2D eigenvalue weighted by Crippen LogP contribution is 2.68. The van der Waals surface area contributed by atoms with Gasteiger partial charge in [0.15, 0.2) is 0 Å². The van der Waals surface area contributed by atoms with Gasteiger partial charge >= 0.3 is 5.97 Å². The summed E-state index contributed by atoms with van der Waals surface area (Å²) in [6, 6.07) is 0. The molecule has 4 nitrogen and oxygen atoms in total. The van der Waals surface area contributed by atoms with E-state index in [4.69, 9.17) is 9.16 Å². The predicted octanol–water partition coefficient (Wildman–Crippen LogP) is 6.55. The van der Waals surface area contributed by atoms with Crippen LogP contribution in [0.4, 0.5) is 0 Å². The first kappa shape index (κ1) is 25.3. The van der Waals surface area contributed by atoms with Gasteiger partial charge in [-0.2, -0.15) is 0 Å². The highest BCUT2D eigenvalue weighted by Gasteiger charge is 2.62. The minimum absolute atomic E-state index is 0.0789. The Kier molecular flexibility index (Phi) is 6.90. The lowest BCUT2D eigenvalue weighted by molar-refractivity contribution is -0.141. The number of hydrogen-bond acceptors (Lipinski definition) is 4. The Morgan fingerprint density at radius 2 is 1.79 bits per heavy atom. The molecule has 0 radical (unpaired) electrons. The van der Waals surface area contributed by atoms with Gasteiger partial charge in [-0.3, -0.25) is 4.79 Å². The summed E-state index contributed by atoms with van der Waals surface area (Å²) in [5.41, 5.74) is 0.599. The second kappa shape index (κ2) is 9.00. The van der Waals surface area contributed by atoms with Crippen LogP contribution >= 0.6 is 0 Å². The Morgan fingerprint density at radius 3 is 2.45 bits per heavy atom. The molecule has 5 heteroatoms. The molecule has 4 rings (SSSR count). The number of carbonyl (C=O) groups excluding carboxylic acids is 1. The van der Waals surface area contributed by atoms with Crippen molar-refractivity contribution in [2.75, 3.05) is 7.11 Å². The number of ether oxygens (including phenoxy) is 1. The van der Waals surface area contributed by atoms with Crippen molar-refractivity contribution in [3.05, 3.63) is 11.8 Å². The third-order valence-electron chi connectivity index (χ3n) is 10.4. The van der Waals surface area contributed by atoms with Crippen molar-refractivity contribution in [3.63, 3.8) is 0 Å². The highest BCUT2D eigenvalue weighted by molar-refractivity contribution is 6.70. The fourth-order valence-electron chi connectivity index (χ4n) is 8.73. The average Bonchev–Trinajstić information content (AvgIpc) is 3.09. The standard InChI is InChI=1S/C28H48O4Si/c1-18(8-11-25(30)31-4)21-9-10-22-26-23(13-15-28(21,22)3)27(2)14-12-20(29)16-19(27)17-24(26)32-33(5,6)7/h17-23,26,29H,8-16H2,1-7H3/t18-,19+,20-,21-,22?,23?,26?,27+,28-/m1/s1. The Hall–Kier alpha value is -0.813. The van der Waals surface area contributed by atoms with Crippen LogP contribution in [0.25, 0.3) is 0 Å². The summed E-state index contributed by atoms with van der Waals surface area (Å²) in [5.74, 6) is 4.69. The quantitative estimate of drug-likeness (QED) is 0.349. The molecular formula is C28H48O4Si. The van der Waals surface area contributed by atoms with Crippen molar-refractivity contribution in [2.24, 2.45) is 46.3 Å². The van der Waals surface area contributed by atoms with Crippen molar-refractivity contribution in [2.45, 2.75) is 104 Å². The van der Waals surface area contributed by atoms with Crippen molar-refractivity contribution in [3.8, 4) is 0 Å². The molecule has 0 aromatic rings. The van der Waals surface area contributed by atoms with Gasteiger partial charge in [-0.1, -0.05) is 20.8 Å². The number of esters is 1. The van der Waals surface area contributed by atoms with E-state index in [1.165, 1.54) is 38.6 Å². The molecule has 3 saturated carbocycles. The molecule has 188 valence electrons. The Bertz CT molecular complexity index is 772.